The standard InChI is InChI=1S/C15H18N4/c1-10-8-12(10)13-9-15-17-7-4-14(19(15)18-13)11-2-5-16-6-3-11/h2-3,5-6,9-10,12,14,17H,4,7-8H2,1H3. The molecule has 1 saturated carbocycles. The summed E-state index contributed by atoms with van der Waals surface area (Å²) in [5.41, 5.74) is 2.56. The molecule has 0 amide bonds. The summed E-state index contributed by atoms with van der Waals surface area (Å²) in [5.74, 6) is 2.65. The van der Waals surface area contributed by atoms with Crippen molar-refractivity contribution in [3.05, 3.63) is 41.9 Å². The van der Waals surface area contributed by atoms with Gasteiger partial charge in [0.05, 0.1) is 11.7 Å². The lowest BCUT2D eigenvalue weighted by Crippen LogP contribution is -2.24. The van der Waals surface area contributed by atoms with Crippen molar-refractivity contribution in [3.8, 4) is 0 Å². The highest BCUT2D eigenvalue weighted by atomic mass is 15.4. The molecule has 3 unspecified atom stereocenters. The van der Waals surface area contributed by atoms with Gasteiger partial charge in [0, 0.05) is 30.9 Å². The summed E-state index contributed by atoms with van der Waals surface area (Å²) in [6, 6.07) is 6.78. The molecule has 1 N–H and O–H groups in total. The van der Waals surface area contributed by atoms with E-state index in [1.54, 1.807) is 0 Å². The van der Waals surface area contributed by atoms with Crippen molar-refractivity contribution in [1.29, 1.82) is 0 Å². The first-order valence-electron chi connectivity index (χ1n) is 7.06. The average molecular weight is 254 g/mol. The highest BCUT2D eigenvalue weighted by Crippen LogP contribution is 2.47. The Bertz CT molecular complexity index is 589. The molecule has 1 aliphatic heterocycles. The van der Waals surface area contributed by atoms with Crippen LogP contribution in [-0.4, -0.2) is 21.3 Å². The third-order valence-electron chi connectivity index (χ3n) is 4.35. The quantitative estimate of drug-likeness (QED) is 0.896. The Hall–Kier alpha value is -1.84. The van der Waals surface area contributed by atoms with Gasteiger partial charge in [-0.3, -0.25) is 4.98 Å². The normalized spacial score (nSPS) is 28.6. The molecule has 4 heteroatoms. The second-order valence-electron chi connectivity index (χ2n) is 5.73. The Labute approximate surface area is 112 Å². The zero-order valence-corrected chi connectivity index (χ0v) is 11.1. The molecule has 98 valence electrons. The van der Waals surface area contributed by atoms with Crippen molar-refractivity contribution in [1.82, 2.24) is 14.8 Å². The molecule has 19 heavy (non-hydrogen) atoms. The maximum Gasteiger partial charge on any atom is 0.125 e. The number of pyridine rings is 1. The third-order valence-corrected chi connectivity index (χ3v) is 4.35. The van der Waals surface area contributed by atoms with Crippen LogP contribution in [0.4, 0.5) is 5.82 Å². The van der Waals surface area contributed by atoms with E-state index in [0.29, 0.717) is 12.0 Å². The molecule has 2 aromatic heterocycles. The van der Waals surface area contributed by atoms with Crippen LogP contribution >= 0.6 is 0 Å². The molecule has 1 fully saturated rings. The van der Waals surface area contributed by atoms with E-state index in [0.717, 1.165) is 18.9 Å². The maximum absolute atomic E-state index is 4.85. The Morgan fingerprint density at radius 3 is 2.84 bits per heavy atom. The number of anilines is 1. The molecule has 1 aliphatic carbocycles. The summed E-state index contributed by atoms with van der Waals surface area (Å²) >= 11 is 0. The molecule has 0 bridgehead atoms. The highest BCUT2D eigenvalue weighted by molar-refractivity contribution is 5.43. The summed E-state index contributed by atoms with van der Waals surface area (Å²) in [6.07, 6.45) is 6.10. The number of aromatic nitrogens is 3. The van der Waals surface area contributed by atoms with Gasteiger partial charge in [0.1, 0.15) is 5.82 Å². The number of nitrogens with one attached hydrogen (secondary N) is 1. The topological polar surface area (TPSA) is 42.7 Å². The van der Waals surface area contributed by atoms with E-state index in [2.05, 4.69) is 40.1 Å². The SMILES string of the molecule is CC1CC1c1cc2n(n1)C(c1ccncc1)CCN2. The summed E-state index contributed by atoms with van der Waals surface area (Å²) in [5, 5.41) is 8.32. The van der Waals surface area contributed by atoms with Gasteiger partial charge in [-0.25, -0.2) is 4.68 Å². The minimum atomic E-state index is 0.349. The first-order chi connectivity index (χ1) is 9.33. The Morgan fingerprint density at radius 2 is 2.11 bits per heavy atom. The molecule has 4 nitrogen and oxygen atoms in total. The first kappa shape index (κ1) is 11.0. The number of hydrogen-bond donors (Lipinski definition) is 1. The third kappa shape index (κ3) is 1.82. The van der Waals surface area contributed by atoms with Crippen LogP contribution in [0.2, 0.25) is 0 Å². The van der Waals surface area contributed by atoms with E-state index >= 15 is 0 Å². The van der Waals surface area contributed by atoms with Gasteiger partial charge in [-0.15, -0.1) is 0 Å². The number of fused-ring (bicyclic) bond motifs is 1. The summed E-state index contributed by atoms with van der Waals surface area (Å²) in [7, 11) is 0. The van der Waals surface area contributed by atoms with Crippen molar-refractivity contribution < 1.29 is 0 Å². The van der Waals surface area contributed by atoms with E-state index < -0.39 is 0 Å². The molecule has 0 spiro atoms. The van der Waals surface area contributed by atoms with Gasteiger partial charge in [0.15, 0.2) is 0 Å². The van der Waals surface area contributed by atoms with Crippen LogP contribution in [0.25, 0.3) is 0 Å². The Balaban J connectivity index is 1.72. The first-order valence-corrected chi connectivity index (χ1v) is 7.06. The summed E-state index contributed by atoms with van der Waals surface area (Å²) in [6.45, 7) is 3.31. The lowest BCUT2D eigenvalue weighted by atomic mass is 10.0. The van der Waals surface area contributed by atoms with Crippen LogP contribution in [0, 0.1) is 5.92 Å². The van der Waals surface area contributed by atoms with Crippen molar-refractivity contribution in [2.45, 2.75) is 31.7 Å². The van der Waals surface area contributed by atoms with Gasteiger partial charge in [-0.1, -0.05) is 6.92 Å². The maximum atomic E-state index is 4.85. The second kappa shape index (κ2) is 4.08. The molecule has 3 heterocycles. The number of rotatable bonds is 2. The van der Waals surface area contributed by atoms with E-state index in [-0.39, 0.29) is 0 Å². The fourth-order valence-electron chi connectivity index (χ4n) is 3.05. The van der Waals surface area contributed by atoms with Crippen LogP contribution in [0.3, 0.4) is 0 Å². The fraction of sp³-hybridized carbons (Fsp3) is 0.467. The van der Waals surface area contributed by atoms with Crippen LogP contribution in [0.5, 0.6) is 0 Å². The lowest BCUT2D eigenvalue weighted by Gasteiger charge is -2.25. The smallest absolute Gasteiger partial charge is 0.125 e. The predicted molar refractivity (Wildman–Crippen MR) is 74.2 cm³/mol. The van der Waals surface area contributed by atoms with Crippen LogP contribution in [-0.2, 0) is 0 Å². The van der Waals surface area contributed by atoms with Crippen molar-refractivity contribution in [2.75, 3.05) is 11.9 Å². The fourth-order valence-corrected chi connectivity index (χ4v) is 3.05. The van der Waals surface area contributed by atoms with Gasteiger partial charge in [-0.05, 0) is 36.5 Å². The van der Waals surface area contributed by atoms with E-state index in [9.17, 15) is 0 Å². The Morgan fingerprint density at radius 1 is 1.32 bits per heavy atom. The number of nitrogens with zero attached hydrogens (tertiary/aromatic N) is 3. The molecular weight excluding hydrogens is 236 g/mol. The molecule has 0 aromatic carbocycles. The van der Waals surface area contributed by atoms with Crippen LogP contribution in [0.1, 0.15) is 43.0 Å². The Kier molecular flexibility index (Phi) is 2.37. The molecule has 2 aliphatic rings. The van der Waals surface area contributed by atoms with Gasteiger partial charge in [0.2, 0.25) is 0 Å². The average Bonchev–Trinajstić information content (AvgIpc) is 3.02. The monoisotopic (exact) mass is 254 g/mol. The minimum absolute atomic E-state index is 0.349. The summed E-state index contributed by atoms with van der Waals surface area (Å²) in [4.78, 5) is 4.10. The molecule has 2 aromatic rings. The second-order valence-corrected chi connectivity index (χ2v) is 5.73. The zero-order valence-electron chi connectivity index (χ0n) is 11.1. The van der Waals surface area contributed by atoms with Gasteiger partial charge in [0.25, 0.3) is 0 Å². The lowest BCUT2D eigenvalue weighted by molar-refractivity contribution is 0.477. The van der Waals surface area contributed by atoms with Crippen molar-refractivity contribution in [2.24, 2.45) is 5.92 Å². The molecule has 0 saturated heterocycles. The zero-order chi connectivity index (χ0) is 12.8. The minimum Gasteiger partial charge on any atom is -0.370 e. The highest BCUT2D eigenvalue weighted by Gasteiger charge is 2.37. The van der Waals surface area contributed by atoms with E-state index in [4.69, 9.17) is 5.10 Å². The van der Waals surface area contributed by atoms with Crippen molar-refractivity contribution in [3.63, 3.8) is 0 Å². The van der Waals surface area contributed by atoms with Crippen LogP contribution < -0.4 is 5.32 Å². The largest absolute Gasteiger partial charge is 0.370 e. The molecule has 3 atom stereocenters. The van der Waals surface area contributed by atoms with Gasteiger partial charge >= 0.3 is 0 Å². The predicted octanol–water partition coefficient (Wildman–Crippen LogP) is 2.81. The van der Waals surface area contributed by atoms with Gasteiger partial charge in [-0.2, -0.15) is 5.10 Å². The van der Waals surface area contributed by atoms with Crippen molar-refractivity contribution >= 4 is 5.82 Å². The molecule has 4 rings (SSSR count). The van der Waals surface area contributed by atoms with E-state index in [1.807, 2.05) is 12.4 Å². The van der Waals surface area contributed by atoms with Crippen LogP contribution in [0.15, 0.2) is 30.6 Å². The number of hydrogen-bond acceptors (Lipinski definition) is 3. The van der Waals surface area contributed by atoms with E-state index in [1.165, 1.54) is 23.5 Å². The summed E-state index contributed by atoms with van der Waals surface area (Å²) < 4.78 is 2.17. The molecule has 0 radical (unpaired) electrons. The van der Waals surface area contributed by atoms with Gasteiger partial charge < -0.3 is 5.32 Å². The molecular formula is C15H18N4.